The first-order valence-electron chi connectivity index (χ1n) is 9.60. The summed E-state index contributed by atoms with van der Waals surface area (Å²) in [6, 6.07) is 4.28. The largest absolute Gasteiger partial charge is 0.334 e. The van der Waals surface area contributed by atoms with E-state index in [0.717, 1.165) is 5.52 Å². The van der Waals surface area contributed by atoms with Gasteiger partial charge in [0.1, 0.15) is 0 Å². The van der Waals surface area contributed by atoms with E-state index in [4.69, 9.17) is 0 Å². The minimum absolute atomic E-state index is 0.00453. The third-order valence-electron chi connectivity index (χ3n) is 4.34. The molecule has 1 aromatic heterocycles. The van der Waals surface area contributed by atoms with Crippen molar-refractivity contribution in [3.05, 3.63) is 30.9 Å². The number of imide groups is 1. The van der Waals surface area contributed by atoms with Gasteiger partial charge in [0.05, 0.1) is 21.7 Å². The quantitative estimate of drug-likeness (QED) is 0.421. The van der Waals surface area contributed by atoms with E-state index in [1.54, 1.807) is 32.0 Å². The van der Waals surface area contributed by atoms with E-state index in [-0.39, 0.29) is 17.2 Å². The smallest absolute Gasteiger partial charge is 0.321 e. The molecule has 0 aliphatic heterocycles. The molecule has 0 saturated heterocycles. The SMILES string of the molecule is C=CCNC(=O)NC(=O)CSc1nc2cc(S(=O)(=O)N(CC)CC)ccc2n1CC. The van der Waals surface area contributed by atoms with Gasteiger partial charge in [0.2, 0.25) is 15.9 Å². The van der Waals surface area contributed by atoms with Crippen molar-refractivity contribution in [3.8, 4) is 0 Å². The number of nitrogens with zero attached hydrogens (tertiary/aromatic N) is 3. The van der Waals surface area contributed by atoms with Crippen molar-refractivity contribution in [1.29, 1.82) is 0 Å². The first-order chi connectivity index (χ1) is 14.3. The van der Waals surface area contributed by atoms with Crippen molar-refractivity contribution in [1.82, 2.24) is 24.5 Å². The molecule has 0 unspecified atom stereocenters. The van der Waals surface area contributed by atoms with Crippen LogP contribution < -0.4 is 10.6 Å². The lowest BCUT2D eigenvalue weighted by molar-refractivity contribution is -0.117. The number of hydrogen-bond acceptors (Lipinski definition) is 6. The summed E-state index contributed by atoms with van der Waals surface area (Å²) in [7, 11) is -3.59. The van der Waals surface area contributed by atoms with Crippen LogP contribution >= 0.6 is 11.8 Å². The van der Waals surface area contributed by atoms with Crippen LogP contribution in [-0.2, 0) is 21.4 Å². The number of amides is 3. The van der Waals surface area contributed by atoms with E-state index >= 15 is 0 Å². The number of aryl methyl sites for hydroxylation is 1. The lowest BCUT2D eigenvalue weighted by Crippen LogP contribution is -2.40. The number of benzene rings is 1. The minimum Gasteiger partial charge on any atom is -0.334 e. The Hall–Kier alpha value is -2.37. The predicted molar refractivity (Wildman–Crippen MR) is 118 cm³/mol. The molecule has 0 aliphatic carbocycles. The van der Waals surface area contributed by atoms with Gasteiger partial charge in [0.15, 0.2) is 5.16 Å². The molecule has 0 atom stereocenters. The molecule has 1 heterocycles. The molecule has 11 heteroatoms. The topological polar surface area (TPSA) is 113 Å². The number of hydrogen-bond donors (Lipinski definition) is 2. The maximum Gasteiger partial charge on any atom is 0.321 e. The number of sulfonamides is 1. The average Bonchev–Trinajstić information content (AvgIpc) is 3.08. The minimum atomic E-state index is -3.59. The Morgan fingerprint density at radius 1 is 1.27 bits per heavy atom. The van der Waals surface area contributed by atoms with E-state index in [2.05, 4.69) is 22.2 Å². The molecule has 3 amide bonds. The molecule has 1 aromatic carbocycles. The fourth-order valence-electron chi connectivity index (χ4n) is 2.88. The monoisotopic (exact) mass is 453 g/mol. The zero-order valence-electron chi connectivity index (χ0n) is 17.3. The van der Waals surface area contributed by atoms with E-state index in [0.29, 0.717) is 30.3 Å². The number of fused-ring (bicyclic) bond motifs is 1. The van der Waals surface area contributed by atoms with Crippen molar-refractivity contribution < 1.29 is 18.0 Å². The summed E-state index contributed by atoms with van der Waals surface area (Å²) in [6.45, 7) is 10.6. The van der Waals surface area contributed by atoms with Crippen LogP contribution in [0.2, 0.25) is 0 Å². The van der Waals surface area contributed by atoms with Gasteiger partial charge in [0, 0.05) is 26.2 Å². The highest BCUT2D eigenvalue weighted by molar-refractivity contribution is 7.99. The number of thioether (sulfide) groups is 1. The predicted octanol–water partition coefficient (Wildman–Crippen LogP) is 2.19. The van der Waals surface area contributed by atoms with Gasteiger partial charge < -0.3 is 9.88 Å². The Balaban J connectivity index is 2.23. The van der Waals surface area contributed by atoms with Gasteiger partial charge in [-0.15, -0.1) is 6.58 Å². The highest BCUT2D eigenvalue weighted by Gasteiger charge is 2.23. The standard InChI is InChI=1S/C19H27N5O4S2/c1-5-11-20-18(26)22-17(25)13-29-19-21-15-12-14(9-10-16(15)24(19)8-4)30(27,28)23(6-2)7-3/h5,9-10,12H,1,6-8,11,13H2,2-4H3,(H2,20,22,25,26). The Kier molecular flexibility index (Phi) is 8.44. The van der Waals surface area contributed by atoms with Crippen molar-refractivity contribution >= 4 is 44.8 Å². The molecule has 0 fully saturated rings. The van der Waals surface area contributed by atoms with Crippen LogP contribution in [0.4, 0.5) is 4.79 Å². The van der Waals surface area contributed by atoms with Crippen LogP contribution in [0.3, 0.4) is 0 Å². The van der Waals surface area contributed by atoms with Crippen molar-refractivity contribution in [2.45, 2.75) is 37.4 Å². The second-order valence-electron chi connectivity index (χ2n) is 6.21. The van der Waals surface area contributed by atoms with Gasteiger partial charge in [-0.2, -0.15) is 4.31 Å². The summed E-state index contributed by atoms with van der Waals surface area (Å²) in [5, 5.41) is 5.27. The molecule has 2 aromatic rings. The lowest BCUT2D eigenvalue weighted by Gasteiger charge is -2.18. The molecule has 0 saturated carbocycles. The Morgan fingerprint density at radius 3 is 2.57 bits per heavy atom. The molecular weight excluding hydrogens is 426 g/mol. The van der Waals surface area contributed by atoms with Gasteiger partial charge >= 0.3 is 6.03 Å². The number of carbonyl (C=O) groups is 2. The number of aromatic nitrogens is 2. The normalized spacial score (nSPS) is 11.6. The van der Waals surface area contributed by atoms with Crippen LogP contribution in [0.25, 0.3) is 11.0 Å². The van der Waals surface area contributed by atoms with E-state index < -0.39 is 22.0 Å². The number of imidazole rings is 1. The fraction of sp³-hybridized carbons (Fsp3) is 0.421. The maximum absolute atomic E-state index is 12.8. The number of urea groups is 1. The molecular formula is C19H27N5O4S2. The van der Waals surface area contributed by atoms with Gasteiger partial charge in [-0.3, -0.25) is 10.1 Å². The Bertz CT molecular complexity index is 1030. The third-order valence-corrected chi connectivity index (χ3v) is 7.36. The number of nitrogens with one attached hydrogen (secondary N) is 2. The van der Waals surface area contributed by atoms with Crippen LogP contribution in [0.5, 0.6) is 0 Å². The van der Waals surface area contributed by atoms with E-state index in [9.17, 15) is 18.0 Å². The number of carbonyl (C=O) groups excluding carboxylic acids is 2. The fourth-order valence-corrected chi connectivity index (χ4v) is 5.24. The summed E-state index contributed by atoms with van der Waals surface area (Å²) in [4.78, 5) is 28.2. The summed E-state index contributed by atoms with van der Waals surface area (Å²) < 4.78 is 28.9. The van der Waals surface area contributed by atoms with Gasteiger partial charge in [-0.25, -0.2) is 18.2 Å². The molecule has 164 valence electrons. The molecule has 0 radical (unpaired) electrons. The van der Waals surface area contributed by atoms with Crippen molar-refractivity contribution in [2.24, 2.45) is 0 Å². The van der Waals surface area contributed by atoms with Crippen LogP contribution in [0, 0.1) is 0 Å². The molecule has 0 spiro atoms. The second-order valence-corrected chi connectivity index (χ2v) is 9.09. The van der Waals surface area contributed by atoms with Crippen LogP contribution in [-0.4, -0.2) is 59.6 Å². The van der Waals surface area contributed by atoms with Crippen LogP contribution in [0.15, 0.2) is 40.9 Å². The summed E-state index contributed by atoms with van der Waals surface area (Å²) in [5.74, 6) is -0.462. The molecule has 9 nitrogen and oxygen atoms in total. The summed E-state index contributed by atoms with van der Waals surface area (Å²) in [5.41, 5.74) is 1.32. The average molecular weight is 454 g/mol. The van der Waals surface area contributed by atoms with Crippen LogP contribution in [0.1, 0.15) is 20.8 Å². The third kappa shape index (κ3) is 5.41. The maximum atomic E-state index is 12.8. The summed E-state index contributed by atoms with van der Waals surface area (Å²) in [6.07, 6.45) is 1.51. The zero-order valence-corrected chi connectivity index (χ0v) is 19.0. The zero-order chi connectivity index (χ0) is 22.3. The molecule has 0 aliphatic rings. The first kappa shape index (κ1) is 23.9. The van der Waals surface area contributed by atoms with Crippen molar-refractivity contribution in [3.63, 3.8) is 0 Å². The summed E-state index contributed by atoms with van der Waals surface area (Å²) >= 11 is 1.18. The Morgan fingerprint density at radius 2 is 1.97 bits per heavy atom. The molecule has 2 rings (SSSR count). The second kappa shape index (κ2) is 10.6. The van der Waals surface area contributed by atoms with E-state index in [1.807, 2.05) is 11.5 Å². The molecule has 30 heavy (non-hydrogen) atoms. The first-order valence-corrected chi connectivity index (χ1v) is 12.0. The molecule has 0 bridgehead atoms. The van der Waals surface area contributed by atoms with E-state index in [1.165, 1.54) is 22.1 Å². The molecule has 2 N–H and O–H groups in total. The Labute approximate surface area is 181 Å². The highest BCUT2D eigenvalue weighted by atomic mass is 32.2. The van der Waals surface area contributed by atoms with Crippen molar-refractivity contribution in [2.75, 3.05) is 25.4 Å². The lowest BCUT2D eigenvalue weighted by atomic mass is 10.3. The highest BCUT2D eigenvalue weighted by Crippen LogP contribution is 2.27. The van der Waals surface area contributed by atoms with Gasteiger partial charge in [-0.05, 0) is 25.1 Å². The number of rotatable bonds is 10. The van der Waals surface area contributed by atoms with Gasteiger partial charge in [-0.1, -0.05) is 31.7 Å². The van der Waals surface area contributed by atoms with Gasteiger partial charge in [0.25, 0.3) is 0 Å².